The van der Waals surface area contributed by atoms with E-state index in [1.807, 2.05) is 34.6 Å². The molecule has 1 heterocycles. The van der Waals surface area contributed by atoms with Crippen molar-refractivity contribution in [1.82, 2.24) is 0 Å². The molecule has 0 bridgehead atoms. The van der Waals surface area contributed by atoms with E-state index in [-0.39, 0.29) is 11.9 Å². The number of esters is 1. The lowest BCUT2D eigenvalue weighted by Gasteiger charge is -2.53. The quantitative estimate of drug-likeness (QED) is 0.799. The molecule has 1 aliphatic rings. The molecular weight excluding hydrogens is 244 g/mol. The van der Waals surface area contributed by atoms with Crippen molar-refractivity contribution >= 4 is 5.97 Å². The molecule has 0 aromatic carbocycles. The Kier molecular flexibility index (Phi) is 4.68. The summed E-state index contributed by atoms with van der Waals surface area (Å²) in [6.45, 7) is 9.69. The molecule has 0 aliphatic carbocycles. The third-order valence-electron chi connectivity index (χ3n) is 4.88. The van der Waals surface area contributed by atoms with Crippen molar-refractivity contribution in [3.8, 4) is 0 Å². The standard InChI is InChI=1S/C15H28O4/c1-7-15(17,8-2)14(5)10-9-11(12(16)18-6)13(3,4)19-14/h11,17H,7-10H2,1-6H3/t11-,14-/m1/s1. The average molecular weight is 272 g/mol. The number of aliphatic hydroxyl groups is 1. The molecular formula is C15H28O4. The number of ether oxygens (including phenoxy) is 2. The number of hydrogen-bond acceptors (Lipinski definition) is 4. The van der Waals surface area contributed by atoms with Crippen LogP contribution < -0.4 is 0 Å². The van der Waals surface area contributed by atoms with Gasteiger partial charge in [0.15, 0.2) is 0 Å². The fourth-order valence-corrected chi connectivity index (χ4v) is 3.34. The van der Waals surface area contributed by atoms with Crippen LogP contribution in [0.4, 0.5) is 0 Å². The Morgan fingerprint density at radius 1 is 1.37 bits per heavy atom. The molecule has 1 saturated heterocycles. The normalized spacial score (nSPS) is 31.0. The van der Waals surface area contributed by atoms with Crippen LogP contribution in [0.5, 0.6) is 0 Å². The average Bonchev–Trinajstić information content (AvgIpc) is 2.35. The molecule has 1 aliphatic heterocycles. The van der Waals surface area contributed by atoms with Gasteiger partial charge in [-0.3, -0.25) is 4.79 Å². The number of methoxy groups -OCH3 is 1. The molecule has 1 N–H and O–H groups in total. The van der Waals surface area contributed by atoms with E-state index < -0.39 is 16.8 Å². The monoisotopic (exact) mass is 272 g/mol. The zero-order valence-electron chi connectivity index (χ0n) is 13.1. The summed E-state index contributed by atoms with van der Waals surface area (Å²) in [6.07, 6.45) is 2.62. The summed E-state index contributed by atoms with van der Waals surface area (Å²) in [5, 5.41) is 10.8. The van der Waals surface area contributed by atoms with Crippen molar-refractivity contribution in [1.29, 1.82) is 0 Å². The molecule has 1 rings (SSSR count). The molecule has 112 valence electrons. The molecule has 0 aromatic heterocycles. The van der Waals surface area contributed by atoms with Gasteiger partial charge in [0.2, 0.25) is 0 Å². The van der Waals surface area contributed by atoms with Gasteiger partial charge in [-0.1, -0.05) is 13.8 Å². The number of carbonyl (C=O) groups is 1. The summed E-state index contributed by atoms with van der Waals surface area (Å²) >= 11 is 0. The van der Waals surface area contributed by atoms with Crippen LogP contribution in [0.1, 0.15) is 60.3 Å². The van der Waals surface area contributed by atoms with Crippen molar-refractivity contribution in [3.05, 3.63) is 0 Å². The fourth-order valence-electron chi connectivity index (χ4n) is 3.34. The summed E-state index contributed by atoms with van der Waals surface area (Å²) in [4.78, 5) is 11.8. The van der Waals surface area contributed by atoms with Gasteiger partial charge in [0, 0.05) is 0 Å². The van der Waals surface area contributed by atoms with Gasteiger partial charge in [-0.2, -0.15) is 0 Å². The minimum atomic E-state index is -0.856. The number of carbonyl (C=O) groups excluding carboxylic acids is 1. The minimum Gasteiger partial charge on any atom is -0.469 e. The predicted molar refractivity (Wildman–Crippen MR) is 73.8 cm³/mol. The third-order valence-corrected chi connectivity index (χ3v) is 4.88. The van der Waals surface area contributed by atoms with Crippen molar-refractivity contribution in [3.63, 3.8) is 0 Å². The zero-order valence-corrected chi connectivity index (χ0v) is 13.1. The Morgan fingerprint density at radius 3 is 2.26 bits per heavy atom. The lowest BCUT2D eigenvalue weighted by Crippen LogP contribution is -2.61. The molecule has 0 amide bonds. The van der Waals surface area contributed by atoms with E-state index in [2.05, 4.69) is 0 Å². The van der Waals surface area contributed by atoms with E-state index in [1.54, 1.807) is 0 Å². The molecule has 0 spiro atoms. The first-order valence-corrected chi connectivity index (χ1v) is 7.16. The van der Waals surface area contributed by atoms with E-state index in [4.69, 9.17) is 9.47 Å². The highest BCUT2D eigenvalue weighted by Gasteiger charge is 2.54. The SMILES string of the molecule is CCC(O)(CC)[C@@]1(C)CC[C@H](C(=O)OC)C(C)(C)O1. The molecule has 2 atom stereocenters. The maximum absolute atomic E-state index is 11.8. The Labute approximate surface area is 116 Å². The van der Waals surface area contributed by atoms with Gasteiger partial charge < -0.3 is 14.6 Å². The van der Waals surface area contributed by atoms with Crippen LogP contribution in [0, 0.1) is 5.92 Å². The molecule has 0 saturated carbocycles. The Bertz CT molecular complexity index is 333. The number of rotatable bonds is 4. The van der Waals surface area contributed by atoms with Crippen LogP contribution in [0.3, 0.4) is 0 Å². The molecule has 0 radical (unpaired) electrons. The highest BCUT2D eigenvalue weighted by atomic mass is 16.6. The van der Waals surface area contributed by atoms with E-state index in [0.717, 1.165) is 0 Å². The van der Waals surface area contributed by atoms with Crippen molar-refractivity contribution in [2.75, 3.05) is 7.11 Å². The van der Waals surface area contributed by atoms with Gasteiger partial charge in [-0.25, -0.2) is 0 Å². The summed E-state index contributed by atoms with van der Waals surface area (Å²) < 4.78 is 11.0. The van der Waals surface area contributed by atoms with Gasteiger partial charge in [0.25, 0.3) is 0 Å². The van der Waals surface area contributed by atoms with Crippen molar-refractivity contribution in [2.24, 2.45) is 5.92 Å². The second-order valence-electron chi connectivity index (χ2n) is 6.29. The highest BCUT2D eigenvalue weighted by Crippen LogP contribution is 2.46. The predicted octanol–water partition coefficient (Wildman–Crippen LogP) is 2.67. The minimum absolute atomic E-state index is 0.233. The zero-order chi connectivity index (χ0) is 14.9. The Morgan fingerprint density at radius 2 is 1.89 bits per heavy atom. The lowest BCUT2D eigenvalue weighted by molar-refractivity contribution is -0.265. The molecule has 4 heteroatoms. The summed E-state index contributed by atoms with van der Waals surface area (Å²) in [5.41, 5.74) is -2.10. The largest absolute Gasteiger partial charge is 0.469 e. The van der Waals surface area contributed by atoms with Crippen LogP contribution in [-0.4, -0.2) is 35.0 Å². The van der Waals surface area contributed by atoms with Crippen molar-refractivity contribution < 1.29 is 19.4 Å². The smallest absolute Gasteiger partial charge is 0.311 e. The summed E-state index contributed by atoms with van der Waals surface area (Å²) in [5.74, 6) is -0.507. The lowest BCUT2D eigenvalue weighted by atomic mass is 9.70. The second kappa shape index (κ2) is 5.41. The van der Waals surface area contributed by atoms with Gasteiger partial charge >= 0.3 is 5.97 Å². The topological polar surface area (TPSA) is 55.8 Å². The third kappa shape index (κ3) is 2.79. The maximum Gasteiger partial charge on any atom is 0.311 e. The van der Waals surface area contributed by atoms with E-state index >= 15 is 0 Å². The van der Waals surface area contributed by atoms with Gasteiger partial charge in [-0.15, -0.1) is 0 Å². The first-order chi connectivity index (χ1) is 8.65. The number of hydrogen-bond donors (Lipinski definition) is 1. The van der Waals surface area contributed by atoms with E-state index in [1.165, 1.54) is 7.11 Å². The van der Waals surface area contributed by atoms with Crippen LogP contribution in [0.2, 0.25) is 0 Å². The molecule has 0 unspecified atom stereocenters. The van der Waals surface area contributed by atoms with Crippen LogP contribution in [0.25, 0.3) is 0 Å². The molecule has 1 fully saturated rings. The van der Waals surface area contributed by atoms with Crippen LogP contribution in [0.15, 0.2) is 0 Å². The van der Waals surface area contributed by atoms with Gasteiger partial charge in [0.1, 0.15) is 0 Å². The Hall–Kier alpha value is -0.610. The fraction of sp³-hybridized carbons (Fsp3) is 0.933. The summed E-state index contributed by atoms with van der Waals surface area (Å²) in [7, 11) is 1.40. The Balaban J connectivity index is 3.00. The summed E-state index contributed by atoms with van der Waals surface area (Å²) in [6, 6.07) is 0. The van der Waals surface area contributed by atoms with E-state index in [9.17, 15) is 9.90 Å². The van der Waals surface area contributed by atoms with Crippen LogP contribution in [-0.2, 0) is 14.3 Å². The molecule has 0 aromatic rings. The first-order valence-electron chi connectivity index (χ1n) is 7.16. The maximum atomic E-state index is 11.8. The molecule has 4 nitrogen and oxygen atoms in total. The van der Waals surface area contributed by atoms with Crippen LogP contribution >= 0.6 is 0 Å². The first kappa shape index (κ1) is 16.4. The second-order valence-corrected chi connectivity index (χ2v) is 6.29. The highest BCUT2D eigenvalue weighted by molar-refractivity contribution is 5.73. The van der Waals surface area contributed by atoms with Gasteiger partial charge in [0.05, 0.1) is 29.8 Å². The van der Waals surface area contributed by atoms with Crippen molar-refractivity contribution in [2.45, 2.75) is 77.1 Å². The van der Waals surface area contributed by atoms with E-state index in [0.29, 0.717) is 25.7 Å². The molecule has 19 heavy (non-hydrogen) atoms. The van der Waals surface area contributed by atoms with Gasteiger partial charge in [-0.05, 0) is 46.5 Å².